The summed E-state index contributed by atoms with van der Waals surface area (Å²) in [6.07, 6.45) is 0.838. The van der Waals surface area contributed by atoms with Gasteiger partial charge in [0.1, 0.15) is 0 Å². The van der Waals surface area contributed by atoms with Crippen LogP contribution >= 0.6 is 12.4 Å². The van der Waals surface area contributed by atoms with Crippen LogP contribution in [0, 0.1) is 5.92 Å². The molecule has 1 aliphatic heterocycles. The molecule has 1 aliphatic rings. The Morgan fingerprint density at radius 1 is 1.54 bits per heavy atom. The molecule has 0 unspecified atom stereocenters. The molecule has 4 N–H and O–H groups in total. The van der Waals surface area contributed by atoms with Crippen molar-refractivity contribution in [3.05, 3.63) is 0 Å². The summed E-state index contributed by atoms with van der Waals surface area (Å²) in [5, 5.41) is 5.53. The van der Waals surface area contributed by atoms with Gasteiger partial charge >= 0.3 is 0 Å². The first-order chi connectivity index (χ1) is 5.70. The standard InChI is InChI=1S/C7H13N3O2.ClH/c8-6(11)4-10-7(12)5-1-2-9-3-5;/h5,9H,1-4H2,(H2,8,11)(H,10,12);1H/t5-;/m0./s1. The first kappa shape index (κ1) is 12.2. The van der Waals surface area contributed by atoms with E-state index in [2.05, 4.69) is 10.6 Å². The number of amides is 2. The Morgan fingerprint density at radius 2 is 2.23 bits per heavy atom. The van der Waals surface area contributed by atoms with Gasteiger partial charge in [0.2, 0.25) is 11.8 Å². The number of hydrogen-bond donors (Lipinski definition) is 3. The molecule has 0 spiro atoms. The molecule has 1 heterocycles. The minimum atomic E-state index is -0.505. The minimum absolute atomic E-state index is 0. The lowest BCUT2D eigenvalue weighted by Gasteiger charge is -2.07. The Labute approximate surface area is 82.8 Å². The van der Waals surface area contributed by atoms with E-state index in [4.69, 9.17) is 5.73 Å². The normalized spacial score (nSPS) is 20.5. The zero-order valence-corrected chi connectivity index (χ0v) is 8.02. The van der Waals surface area contributed by atoms with Gasteiger partial charge in [-0.2, -0.15) is 0 Å². The van der Waals surface area contributed by atoms with Crippen molar-refractivity contribution in [1.82, 2.24) is 10.6 Å². The number of carbonyl (C=O) groups is 2. The van der Waals surface area contributed by atoms with Gasteiger partial charge in [-0.05, 0) is 13.0 Å². The molecule has 0 bridgehead atoms. The molecule has 1 rings (SSSR count). The van der Waals surface area contributed by atoms with Crippen LogP contribution in [0.4, 0.5) is 0 Å². The Balaban J connectivity index is 0.00000144. The first-order valence-corrected chi connectivity index (χ1v) is 3.97. The third-order valence-corrected chi connectivity index (χ3v) is 1.87. The summed E-state index contributed by atoms with van der Waals surface area (Å²) in [6.45, 7) is 1.51. The first-order valence-electron chi connectivity index (χ1n) is 3.97. The number of rotatable bonds is 3. The second-order valence-electron chi connectivity index (χ2n) is 2.87. The summed E-state index contributed by atoms with van der Waals surface area (Å²) in [4.78, 5) is 21.5. The molecule has 6 heteroatoms. The van der Waals surface area contributed by atoms with Crippen molar-refractivity contribution in [2.24, 2.45) is 11.7 Å². The van der Waals surface area contributed by atoms with Crippen molar-refractivity contribution in [3.8, 4) is 0 Å². The van der Waals surface area contributed by atoms with Crippen LogP contribution in [0.1, 0.15) is 6.42 Å². The van der Waals surface area contributed by atoms with E-state index in [1.165, 1.54) is 0 Å². The second kappa shape index (κ2) is 5.77. The van der Waals surface area contributed by atoms with Crippen LogP contribution in [-0.4, -0.2) is 31.4 Å². The van der Waals surface area contributed by atoms with Crippen molar-refractivity contribution < 1.29 is 9.59 Å². The van der Waals surface area contributed by atoms with Crippen LogP contribution in [0.3, 0.4) is 0 Å². The molecule has 0 aromatic carbocycles. The lowest BCUT2D eigenvalue weighted by Crippen LogP contribution is -2.37. The van der Waals surface area contributed by atoms with Crippen molar-refractivity contribution >= 4 is 24.2 Å². The van der Waals surface area contributed by atoms with Gasteiger partial charge in [-0.25, -0.2) is 0 Å². The molecule has 76 valence electrons. The predicted octanol–water partition coefficient (Wildman–Crippen LogP) is -1.38. The molecule has 0 aromatic heterocycles. The molecule has 0 aromatic rings. The fourth-order valence-corrected chi connectivity index (χ4v) is 1.20. The maximum Gasteiger partial charge on any atom is 0.236 e. The number of nitrogens with one attached hydrogen (secondary N) is 2. The number of carbonyl (C=O) groups excluding carboxylic acids is 2. The summed E-state index contributed by atoms with van der Waals surface area (Å²) in [5.74, 6) is -0.586. The van der Waals surface area contributed by atoms with Crippen LogP contribution < -0.4 is 16.4 Å². The molecule has 0 saturated carbocycles. The molecule has 5 nitrogen and oxygen atoms in total. The Morgan fingerprint density at radius 3 is 2.69 bits per heavy atom. The van der Waals surface area contributed by atoms with Crippen molar-refractivity contribution in [2.75, 3.05) is 19.6 Å². The maximum absolute atomic E-state index is 11.2. The topological polar surface area (TPSA) is 84.2 Å². The van der Waals surface area contributed by atoms with E-state index >= 15 is 0 Å². The highest BCUT2D eigenvalue weighted by atomic mass is 35.5. The average Bonchev–Trinajstić information content (AvgIpc) is 2.51. The van der Waals surface area contributed by atoms with Crippen molar-refractivity contribution in [2.45, 2.75) is 6.42 Å². The third kappa shape index (κ3) is 4.10. The van der Waals surface area contributed by atoms with Crippen LogP contribution in [0.2, 0.25) is 0 Å². The number of halogens is 1. The minimum Gasteiger partial charge on any atom is -0.368 e. The number of primary amides is 1. The van der Waals surface area contributed by atoms with E-state index in [1.807, 2.05) is 0 Å². The summed E-state index contributed by atoms with van der Waals surface area (Å²) in [7, 11) is 0. The van der Waals surface area contributed by atoms with E-state index in [-0.39, 0.29) is 30.8 Å². The van der Waals surface area contributed by atoms with Gasteiger partial charge in [-0.15, -0.1) is 12.4 Å². The monoisotopic (exact) mass is 207 g/mol. The van der Waals surface area contributed by atoms with Crippen molar-refractivity contribution in [1.29, 1.82) is 0 Å². The largest absolute Gasteiger partial charge is 0.368 e. The Kier molecular flexibility index (Phi) is 5.41. The molecule has 2 amide bonds. The molecular formula is C7H14ClN3O2. The molecule has 1 fully saturated rings. The van der Waals surface area contributed by atoms with Crippen LogP contribution in [0.5, 0.6) is 0 Å². The van der Waals surface area contributed by atoms with Crippen molar-refractivity contribution in [3.63, 3.8) is 0 Å². The Hall–Kier alpha value is -0.810. The van der Waals surface area contributed by atoms with Crippen LogP contribution in [0.25, 0.3) is 0 Å². The third-order valence-electron chi connectivity index (χ3n) is 1.87. The highest BCUT2D eigenvalue weighted by Gasteiger charge is 2.21. The van der Waals surface area contributed by atoms with E-state index in [0.29, 0.717) is 6.54 Å². The summed E-state index contributed by atoms with van der Waals surface area (Å²) >= 11 is 0. The van der Waals surface area contributed by atoms with Gasteiger partial charge in [0.25, 0.3) is 0 Å². The molecule has 13 heavy (non-hydrogen) atoms. The number of nitrogens with two attached hydrogens (primary N) is 1. The predicted molar refractivity (Wildman–Crippen MR) is 50.4 cm³/mol. The summed E-state index contributed by atoms with van der Waals surface area (Å²) < 4.78 is 0. The zero-order valence-electron chi connectivity index (χ0n) is 7.21. The second-order valence-corrected chi connectivity index (χ2v) is 2.87. The van der Waals surface area contributed by atoms with Gasteiger partial charge in [0, 0.05) is 6.54 Å². The highest BCUT2D eigenvalue weighted by Crippen LogP contribution is 2.06. The highest BCUT2D eigenvalue weighted by molar-refractivity contribution is 5.85. The molecule has 0 aliphatic carbocycles. The van der Waals surface area contributed by atoms with Gasteiger partial charge in [0.05, 0.1) is 12.5 Å². The van der Waals surface area contributed by atoms with E-state index in [0.717, 1.165) is 13.0 Å². The summed E-state index contributed by atoms with van der Waals surface area (Å²) in [5.41, 5.74) is 4.87. The van der Waals surface area contributed by atoms with E-state index in [1.54, 1.807) is 0 Å². The average molecular weight is 208 g/mol. The van der Waals surface area contributed by atoms with Crippen LogP contribution in [0.15, 0.2) is 0 Å². The SMILES string of the molecule is Cl.NC(=O)CNC(=O)[C@H]1CCNC1. The van der Waals surface area contributed by atoms with Gasteiger partial charge in [0.15, 0.2) is 0 Å². The van der Waals surface area contributed by atoms with E-state index in [9.17, 15) is 9.59 Å². The lowest BCUT2D eigenvalue weighted by atomic mass is 10.1. The van der Waals surface area contributed by atoms with Gasteiger partial charge in [-0.3, -0.25) is 9.59 Å². The lowest BCUT2D eigenvalue weighted by molar-refractivity contribution is -0.127. The smallest absolute Gasteiger partial charge is 0.236 e. The quantitative estimate of drug-likeness (QED) is 0.533. The Bertz CT molecular complexity index is 192. The van der Waals surface area contributed by atoms with E-state index < -0.39 is 5.91 Å². The van der Waals surface area contributed by atoms with Gasteiger partial charge < -0.3 is 16.4 Å². The fourth-order valence-electron chi connectivity index (χ4n) is 1.20. The van der Waals surface area contributed by atoms with Gasteiger partial charge in [-0.1, -0.05) is 0 Å². The maximum atomic E-state index is 11.2. The molecule has 1 saturated heterocycles. The number of hydrogen-bond acceptors (Lipinski definition) is 3. The molecule has 0 radical (unpaired) electrons. The molecule has 1 atom stereocenters. The molecular weight excluding hydrogens is 194 g/mol. The summed E-state index contributed by atoms with van der Waals surface area (Å²) in [6, 6.07) is 0. The fraction of sp³-hybridized carbons (Fsp3) is 0.714. The zero-order chi connectivity index (χ0) is 8.97. The van der Waals surface area contributed by atoms with Crippen LogP contribution in [-0.2, 0) is 9.59 Å².